The summed E-state index contributed by atoms with van der Waals surface area (Å²) in [5, 5.41) is 8.65. The minimum Gasteiger partial charge on any atom is -0.494 e. The molecular formula is C26H35N3O3S. The SMILES string of the molecule is CCCCCCCOc1ccc(C(=O)NC(=S)Nc2ccccc2C(=O)NC(C)(C)C)cc1. The van der Waals surface area contributed by atoms with Crippen molar-refractivity contribution in [3.05, 3.63) is 59.7 Å². The second kappa shape index (κ2) is 12.9. The van der Waals surface area contributed by atoms with Gasteiger partial charge in [-0.25, -0.2) is 0 Å². The summed E-state index contributed by atoms with van der Waals surface area (Å²) in [7, 11) is 0. The van der Waals surface area contributed by atoms with Gasteiger partial charge in [-0.3, -0.25) is 14.9 Å². The highest BCUT2D eigenvalue weighted by Gasteiger charge is 2.18. The van der Waals surface area contributed by atoms with E-state index in [1.807, 2.05) is 20.8 Å². The molecule has 0 bridgehead atoms. The molecule has 7 heteroatoms. The molecule has 2 aromatic carbocycles. The molecule has 0 unspecified atom stereocenters. The zero-order valence-electron chi connectivity index (χ0n) is 20.0. The second-order valence-corrected chi connectivity index (χ2v) is 9.35. The number of rotatable bonds is 10. The minimum absolute atomic E-state index is 0.114. The summed E-state index contributed by atoms with van der Waals surface area (Å²) in [4.78, 5) is 25.2. The number of unbranched alkanes of at least 4 members (excludes halogenated alkanes) is 4. The molecule has 6 nitrogen and oxygen atoms in total. The van der Waals surface area contributed by atoms with Crippen molar-refractivity contribution in [2.24, 2.45) is 0 Å². The number of anilines is 1. The van der Waals surface area contributed by atoms with Crippen LogP contribution < -0.4 is 20.7 Å². The third-order valence-electron chi connectivity index (χ3n) is 4.77. The molecule has 178 valence electrons. The van der Waals surface area contributed by atoms with Gasteiger partial charge in [0.05, 0.1) is 17.9 Å². The van der Waals surface area contributed by atoms with E-state index in [0.29, 0.717) is 23.4 Å². The van der Waals surface area contributed by atoms with Crippen molar-refractivity contribution in [2.45, 2.75) is 65.3 Å². The standard InChI is InChI=1S/C26H35N3O3S/c1-5-6-7-8-11-18-32-20-16-14-19(15-17-20)23(30)28-25(33)27-22-13-10-9-12-21(22)24(31)29-26(2,3)4/h9-10,12-17H,5-8,11,18H2,1-4H3,(H,29,31)(H2,27,28,30,33). The largest absolute Gasteiger partial charge is 0.494 e. The lowest BCUT2D eigenvalue weighted by molar-refractivity contribution is 0.0919. The molecule has 3 N–H and O–H groups in total. The number of para-hydroxylation sites is 1. The Morgan fingerprint density at radius 1 is 0.909 bits per heavy atom. The van der Waals surface area contributed by atoms with E-state index in [4.69, 9.17) is 17.0 Å². The molecule has 2 rings (SSSR count). The van der Waals surface area contributed by atoms with Crippen molar-refractivity contribution in [1.82, 2.24) is 10.6 Å². The van der Waals surface area contributed by atoms with Gasteiger partial charge in [0, 0.05) is 11.1 Å². The van der Waals surface area contributed by atoms with E-state index in [0.717, 1.165) is 12.2 Å². The van der Waals surface area contributed by atoms with Crippen LogP contribution in [0.15, 0.2) is 48.5 Å². The fourth-order valence-corrected chi connectivity index (χ4v) is 3.33. The zero-order valence-corrected chi connectivity index (χ0v) is 20.8. The highest BCUT2D eigenvalue weighted by atomic mass is 32.1. The number of benzene rings is 2. The summed E-state index contributed by atoms with van der Waals surface area (Å²) in [6.07, 6.45) is 5.91. The summed E-state index contributed by atoms with van der Waals surface area (Å²) >= 11 is 5.30. The zero-order chi connectivity index (χ0) is 24.3. The van der Waals surface area contributed by atoms with Crippen molar-refractivity contribution in [3.8, 4) is 5.75 Å². The maximum absolute atomic E-state index is 12.6. The molecule has 2 amide bonds. The molecule has 0 aliphatic carbocycles. The molecule has 0 aromatic heterocycles. The van der Waals surface area contributed by atoms with Crippen molar-refractivity contribution in [1.29, 1.82) is 0 Å². The van der Waals surface area contributed by atoms with Crippen molar-refractivity contribution < 1.29 is 14.3 Å². The van der Waals surface area contributed by atoms with Crippen molar-refractivity contribution >= 4 is 34.8 Å². The first-order chi connectivity index (χ1) is 15.7. The average molecular weight is 470 g/mol. The Balaban J connectivity index is 1.88. The molecule has 2 aromatic rings. The quantitative estimate of drug-likeness (QED) is 0.308. The van der Waals surface area contributed by atoms with Gasteiger partial charge in [-0.15, -0.1) is 0 Å². The van der Waals surface area contributed by atoms with E-state index in [1.54, 1.807) is 48.5 Å². The number of ether oxygens (including phenoxy) is 1. The normalized spacial score (nSPS) is 10.9. The molecule has 0 radical (unpaired) electrons. The first-order valence-corrected chi connectivity index (χ1v) is 11.9. The monoisotopic (exact) mass is 469 g/mol. The number of amides is 2. The van der Waals surface area contributed by atoms with Crippen molar-refractivity contribution in [2.75, 3.05) is 11.9 Å². The summed E-state index contributed by atoms with van der Waals surface area (Å²) in [6, 6.07) is 14.0. The number of thiocarbonyl (C=S) groups is 1. The Labute approximate surface area is 202 Å². The molecule has 33 heavy (non-hydrogen) atoms. The number of hydrogen-bond acceptors (Lipinski definition) is 4. The van der Waals surface area contributed by atoms with Gasteiger partial charge in [0.2, 0.25) is 0 Å². The van der Waals surface area contributed by atoms with Gasteiger partial charge in [-0.05, 0) is 75.8 Å². The highest BCUT2D eigenvalue weighted by molar-refractivity contribution is 7.80. The van der Waals surface area contributed by atoms with E-state index < -0.39 is 0 Å². The molecule has 0 spiro atoms. The van der Waals surface area contributed by atoms with Crippen LogP contribution in [0, 0.1) is 0 Å². The van der Waals surface area contributed by atoms with Gasteiger partial charge in [0.1, 0.15) is 5.75 Å². The molecule has 0 atom stereocenters. The first kappa shape index (κ1) is 26.3. The fourth-order valence-electron chi connectivity index (χ4n) is 3.13. The molecular weight excluding hydrogens is 434 g/mol. The van der Waals surface area contributed by atoms with Crippen LogP contribution >= 0.6 is 12.2 Å². The smallest absolute Gasteiger partial charge is 0.257 e. The van der Waals surface area contributed by atoms with Crippen LogP contribution in [0.5, 0.6) is 5.75 Å². The number of hydrogen-bond donors (Lipinski definition) is 3. The third-order valence-corrected chi connectivity index (χ3v) is 4.97. The molecule has 0 heterocycles. The molecule has 0 saturated heterocycles. The van der Waals surface area contributed by atoms with Crippen molar-refractivity contribution in [3.63, 3.8) is 0 Å². The minimum atomic E-state index is -0.371. The van der Waals surface area contributed by atoms with Crippen LogP contribution in [0.3, 0.4) is 0 Å². The van der Waals surface area contributed by atoms with Crippen LogP contribution in [-0.2, 0) is 0 Å². The lowest BCUT2D eigenvalue weighted by Crippen LogP contribution is -2.41. The van der Waals surface area contributed by atoms with Gasteiger partial charge >= 0.3 is 0 Å². The second-order valence-electron chi connectivity index (χ2n) is 8.95. The summed E-state index contributed by atoms with van der Waals surface area (Å²) < 4.78 is 5.74. The van der Waals surface area contributed by atoms with Gasteiger partial charge in [0.15, 0.2) is 5.11 Å². The number of nitrogens with one attached hydrogen (secondary N) is 3. The average Bonchev–Trinajstić information content (AvgIpc) is 2.75. The molecule has 0 saturated carbocycles. The van der Waals surface area contributed by atoms with Gasteiger partial charge < -0.3 is 15.4 Å². The Bertz CT molecular complexity index is 937. The van der Waals surface area contributed by atoms with Gasteiger partial charge in [-0.2, -0.15) is 0 Å². The van der Waals surface area contributed by atoms with E-state index in [-0.39, 0.29) is 22.5 Å². The Morgan fingerprint density at radius 3 is 2.24 bits per heavy atom. The first-order valence-electron chi connectivity index (χ1n) is 11.5. The highest BCUT2D eigenvalue weighted by Crippen LogP contribution is 2.17. The van der Waals surface area contributed by atoms with Crippen LogP contribution in [-0.4, -0.2) is 29.1 Å². The van der Waals surface area contributed by atoms with E-state index in [2.05, 4.69) is 22.9 Å². The Morgan fingerprint density at radius 2 is 1.58 bits per heavy atom. The third kappa shape index (κ3) is 9.61. The number of carbonyl (C=O) groups excluding carboxylic acids is 2. The van der Waals surface area contributed by atoms with Crippen LogP contribution in [0.25, 0.3) is 0 Å². The predicted molar refractivity (Wildman–Crippen MR) is 138 cm³/mol. The van der Waals surface area contributed by atoms with E-state index in [1.165, 1.54) is 25.7 Å². The lowest BCUT2D eigenvalue weighted by atomic mass is 10.1. The molecule has 0 aliphatic rings. The van der Waals surface area contributed by atoms with Gasteiger partial charge in [-0.1, -0.05) is 44.7 Å². The van der Waals surface area contributed by atoms with Gasteiger partial charge in [0.25, 0.3) is 11.8 Å². The number of carbonyl (C=O) groups is 2. The fraction of sp³-hybridized carbons (Fsp3) is 0.423. The summed E-state index contributed by atoms with van der Waals surface area (Å²) in [5.74, 6) is 0.178. The van der Waals surface area contributed by atoms with Crippen LogP contribution in [0.4, 0.5) is 5.69 Å². The summed E-state index contributed by atoms with van der Waals surface area (Å²) in [5.41, 5.74) is 1.06. The van der Waals surface area contributed by atoms with E-state index in [9.17, 15) is 9.59 Å². The van der Waals surface area contributed by atoms with Crippen LogP contribution in [0.1, 0.15) is 80.5 Å². The van der Waals surface area contributed by atoms with Crippen LogP contribution in [0.2, 0.25) is 0 Å². The molecule has 0 aliphatic heterocycles. The maximum Gasteiger partial charge on any atom is 0.257 e. The summed E-state index contributed by atoms with van der Waals surface area (Å²) in [6.45, 7) is 8.61. The topological polar surface area (TPSA) is 79.5 Å². The Hall–Kier alpha value is -2.93. The maximum atomic E-state index is 12.6. The predicted octanol–water partition coefficient (Wildman–Crippen LogP) is 5.69. The lowest BCUT2D eigenvalue weighted by Gasteiger charge is -2.21. The Kier molecular flexibility index (Phi) is 10.3. The molecule has 0 fully saturated rings. The van der Waals surface area contributed by atoms with E-state index >= 15 is 0 Å².